The number of amides is 1. The van der Waals surface area contributed by atoms with E-state index in [4.69, 9.17) is 5.11 Å². The number of phenolic OH excluding ortho intramolecular Hbond substituents is 1. The lowest BCUT2D eigenvalue weighted by molar-refractivity contribution is -0.136. The topological polar surface area (TPSA) is 86.6 Å². The van der Waals surface area contributed by atoms with Crippen LogP contribution in [-0.2, 0) is 24.2 Å². The molecule has 0 fully saturated rings. The van der Waals surface area contributed by atoms with Gasteiger partial charge in [-0.05, 0) is 58.0 Å². The largest absolute Gasteiger partial charge is 0.507 e. The molecule has 33 heavy (non-hydrogen) atoms. The van der Waals surface area contributed by atoms with Crippen LogP contribution in [0, 0.1) is 0 Å². The van der Waals surface area contributed by atoms with E-state index in [1.165, 1.54) is 0 Å². The third-order valence-corrected chi connectivity index (χ3v) is 5.68. The highest BCUT2D eigenvalue weighted by atomic mass is 16.4. The molecule has 5 heteroatoms. The molecule has 0 aliphatic heterocycles. The number of fused-ring (bicyclic) bond motifs is 1. The molecule has 1 amide bonds. The van der Waals surface area contributed by atoms with Crippen LogP contribution in [0.25, 0.3) is 10.8 Å². The van der Waals surface area contributed by atoms with E-state index in [9.17, 15) is 14.7 Å². The molecule has 0 aromatic heterocycles. The van der Waals surface area contributed by atoms with Gasteiger partial charge in [-0.3, -0.25) is 9.59 Å². The van der Waals surface area contributed by atoms with Gasteiger partial charge in [0.2, 0.25) is 0 Å². The Morgan fingerprint density at radius 2 is 1.48 bits per heavy atom. The molecule has 0 unspecified atom stereocenters. The van der Waals surface area contributed by atoms with E-state index in [0.29, 0.717) is 19.4 Å². The zero-order valence-electron chi connectivity index (χ0n) is 18.1. The normalized spacial score (nSPS) is 10.8. The summed E-state index contributed by atoms with van der Waals surface area (Å²) in [4.78, 5) is 23.6. The number of aliphatic carboxylic acids is 1. The first-order chi connectivity index (χ1) is 16.0. The van der Waals surface area contributed by atoms with Crippen LogP contribution in [0.15, 0.2) is 84.9 Å². The van der Waals surface area contributed by atoms with Gasteiger partial charge < -0.3 is 15.5 Å². The number of rotatable bonds is 8. The van der Waals surface area contributed by atoms with Crippen molar-refractivity contribution in [2.24, 2.45) is 0 Å². The second-order valence-corrected chi connectivity index (χ2v) is 8.06. The number of carbonyl (C=O) groups excluding carboxylic acids is 1. The van der Waals surface area contributed by atoms with Crippen molar-refractivity contribution in [1.82, 2.24) is 5.32 Å². The monoisotopic (exact) mass is 439 g/mol. The minimum absolute atomic E-state index is 0.0572. The van der Waals surface area contributed by atoms with Gasteiger partial charge in [-0.1, -0.05) is 72.8 Å². The standard InChI is InChI=1S/C28H25NO4/c30-26-14-12-21(16-20-10-8-19(9-11-20)13-15-27(31)32)17-25(26)28(33)29-18-23-6-3-5-22-4-1-2-7-24(22)23/h1-12,14,17,30H,13,15-16,18H2,(H,29,33)(H,31,32). The van der Waals surface area contributed by atoms with E-state index in [1.807, 2.05) is 66.7 Å². The Hall–Kier alpha value is -4.12. The van der Waals surface area contributed by atoms with Gasteiger partial charge in [0.1, 0.15) is 5.75 Å². The quantitative estimate of drug-likeness (QED) is 0.357. The number of carboxylic acid groups (broad SMARTS) is 1. The van der Waals surface area contributed by atoms with Gasteiger partial charge in [0.05, 0.1) is 5.56 Å². The number of carbonyl (C=O) groups is 2. The van der Waals surface area contributed by atoms with Crippen molar-refractivity contribution in [1.29, 1.82) is 0 Å². The summed E-state index contributed by atoms with van der Waals surface area (Å²) in [5.41, 5.74) is 4.18. The van der Waals surface area contributed by atoms with Crippen molar-refractivity contribution in [2.45, 2.75) is 25.8 Å². The summed E-state index contributed by atoms with van der Waals surface area (Å²) in [7, 11) is 0. The van der Waals surface area contributed by atoms with Crippen LogP contribution in [0.3, 0.4) is 0 Å². The van der Waals surface area contributed by atoms with Crippen LogP contribution in [0.2, 0.25) is 0 Å². The van der Waals surface area contributed by atoms with Gasteiger partial charge in [0, 0.05) is 13.0 Å². The second kappa shape index (κ2) is 10.0. The molecule has 0 bridgehead atoms. The molecule has 0 heterocycles. The summed E-state index contributed by atoms with van der Waals surface area (Å²) in [6.45, 7) is 0.363. The molecule has 0 spiro atoms. The Kier molecular flexibility index (Phi) is 6.69. The van der Waals surface area contributed by atoms with Crippen molar-refractivity contribution < 1.29 is 19.8 Å². The lowest BCUT2D eigenvalue weighted by atomic mass is 10.00. The summed E-state index contributed by atoms with van der Waals surface area (Å²) in [6, 6.07) is 26.9. The molecule has 4 aromatic carbocycles. The van der Waals surface area contributed by atoms with Crippen LogP contribution in [0.5, 0.6) is 5.75 Å². The summed E-state index contributed by atoms with van der Waals surface area (Å²) in [6.07, 6.45) is 1.20. The first-order valence-electron chi connectivity index (χ1n) is 10.9. The van der Waals surface area contributed by atoms with Gasteiger partial charge >= 0.3 is 5.97 Å². The summed E-state index contributed by atoms with van der Waals surface area (Å²) in [5.74, 6) is -1.20. The molecule has 5 nitrogen and oxygen atoms in total. The number of phenols is 1. The van der Waals surface area contributed by atoms with Crippen LogP contribution in [-0.4, -0.2) is 22.1 Å². The minimum atomic E-state index is -0.811. The Balaban J connectivity index is 1.44. The van der Waals surface area contributed by atoms with Crippen molar-refractivity contribution >= 4 is 22.6 Å². The average Bonchev–Trinajstić information content (AvgIpc) is 2.83. The second-order valence-electron chi connectivity index (χ2n) is 8.06. The molecule has 0 aliphatic rings. The SMILES string of the molecule is O=C(O)CCc1ccc(Cc2ccc(O)c(C(=O)NCc3cccc4ccccc34)c2)cc1. The van der Waals surface area contributed by atoms with E-state index < -0.39 is 5.97 Å². The zero-order chi connectivity index (χ0) is 23.2. The molecule has 0 aliphatic carbocycles. The van der Waals surface area contributed by atoms with Gasteiger partial charge in [-0.15, -0.1) is 0 Å². The predicted molar refractivity (Wildman–Crippen MR) is 128 cm³/mol. The molecule has 3 N–H and O–H groups in total. The average molecular weight is 440 g/mol. The van der Waals surface area contributed by atoms with Crippen LogP contribution in [0.4, 0.5) is 0 Å². The molecule has 166 valence electrons. The van der Waals surface area contributed by atoms with E-state index in [2.05, 4.69) is 5.32 Å². The number of benzene rings is 4. The first-order valence-corrected chi connectivity index (χ1v) is 10.9. The van der Waals surface area contributed by atoms with Gasteiger partial charge in [0.25, 0.3) is 5.91 Å². The molecule has 4 aromatic rings. The predicted octanol–water partition coefficient (Wildman–Crippen LogP) is 5.08. The van der Waals surface area contributed by atoms with Gasteiger partial charge in [-0.25, -0.2) is 0 Å². The molecule has 0 radical (unpaired) electrons. The van der Waals surface area contributed by atoms with Crippen LogP contribution < -0.4 is 5.32 Å². The van der Waals surface area contributed by atoms with Crippen LogP contribution in [0.1, 0.15) is 39.0 Å². The summed E-state index contributed by atoms with van der Waals surface area (Å²) in [5, 5.41) is 24.2. The van der Waals surface area contributed by atoms with Gasteiger partial charge in [0.15, 0.2) is 0 Å². The molecule has 4 rings (SSSR count). The van der Waals surface area contributed by atoms with E-state index >= 15 is 0 Å². The van der Waals surface area contributed by atoms with Crippen LogP contribution >= 0.6 is 0 Å². The number of nitrogens with one attached hydrogen (secondary N) is 1. The smallest absolute Gasteiger partial charge is 0.303 e. The summed E-state index contributed by atoms with van der Waals surface area (Å²) >= 11 is 0. The molecular formula is C28H25NO4. The number of hydrogen-bond acceptors (Lipinski definition) is 3. The van der Waals surface area contributed by atoms with Gasteiger partial charge in [-0.2, -0.15) is 0 Å². The lowest BCUT2D eigenvalue weighted by Crippen LogP contribution is -2.23. The van der Waals surface area contributed by atoms with E-state index in [1.54, 1.807) is 18.2 Å². The van der Waals surface area contributed by atoms with Crippen molar-refractivity contribution in [3.8, 4) is 5.75 Å². The number of aryl methyl sites for hydroxylation is 1. The maximum absolute atomic E-state index is 12.8. The van der Waals surface area contributed by atoms with E-state index in [-0.39, 0.29) is 23.6 Å². The third kappa shape index (κ3) is 5.57. The highest BCUT2D eigenvalue weighted by Crippen LogP contribution is 2.22. The summed E-state index contributed by atoms with van der Waals surface area (Å²) < 4.78 is 0. The fraction of sp³-hybridized carbons (Fsp3) is 0.143. The van der Waals surface area contributed by atoms with Crippen molar-refractivity contribution in [2.75, 3.05) is 0 Å². The van der Waals surface area contributed by atoms with Crippen molar-refractivity contribution in [3.63, 3.8) is 0 Å². The molecule has 0 saturated heterocycles. The molecule has 0 atom stereocenters. The maximum Gasteiger partial charge on any atom is 0.303 e. The number of aromatic hydroxyl groups is 1. The zero-order valence-corrected chi connectivity index (χ0v) is 18.1. The van der Waals surface area contributed by atoms with E-state index in [0.717, 1.165) is 33.0 Å². The highest BCUT2D eigenvalue weighted by molar-refractivity contribution is 5.97. The minimum Gasteiger partial charge on any atom is -0.507 e. The third-order valence-electron chi connectivity index (χ3n) is 5.68. The fourth-order valence-electron chi connectivity index (χ4n) is 3.90. The Labute approximate surface area is 192 Å². The number of carboxylic acids is 1. The van der Waals surface area contributed by atoms with Crippen molar-refractivity contribution in [3.05, 3.63) is 113 Å². The first kappa shape index (κ1) is 22.1. The lowest BCUT2D eigenvalue weighted by Gasteiger charge is -2.11. The Bertz CT molecular complexity index is 1290. The highest BCUT2D eigenvalue weighted by Gasteiger charge is 2.13. The Morgan fingerprint density at radius 1 is 0.788 bits per heavy atom. The maximum atomic E-state index is 12.8. The Morgan fingerprint density at radius 3 is 2.27 bits per heavy atom. The number of hydrogen-bond donors (Lipinski definition) is 3. The fourth-order valence-corrected chi connectivity index (χ4v) is 3.90. The molecular weight excluding hydrogens is 414 g/mol. The molecule has 0 saturated carbocycles.